The molecule has 74 valence electrons. The van der Waals surface area contributed by atoms with E-state index in [4.69, 9.17) is 17.3 Å². The van der Waals surface area contributed by atoms with Crippen LogP contribution in [-0.4, -0.2) is 23.9 Å². The Morgan fingerprint density at radius 1 is 1.50 bits per heavy atom. The number of hydrogen-bond acceptors (Lipinski definition) is 2. The van der Waals surface area contributed by atoms with Crippen LogP contribution in [-0.2, 0) is 4.79 Å². The van der Waals surface area contributed by atoms with Crippen molar-refractivity contribution in [1.29, 1.82) is 0 Å². The maximum absolute atomic E-state index is 11.2. The monoisotopic (exact) mass is 210 g/mol. The van der Waals surface area contributed by atoms with E-state index in [0.717, 1.165) is 5.56 Å². The van der Waals surface area contributed by atoms with Crippen molar-refractivity contribution in [2.75, 3.05) is 7.05 Å². The molecule has 1 amide bonds. The molecule has 0 aliphatic carbocycles. The molecule has 1 saturated heterocycles. The van der Waals surface area contributed by atoms with Gasteiger partial charge in [0.1, 0.15) is 6.04 Å². The third-order valence-corrected chi connectivity index (χ3v) is 2.82. The number of nitrogens with two attached hydrogens (primary N) is 1. The lowest BCUT2D eigenvalue weighted by Gasteiger charge is -2.43. The average molecular weight is 211 g/mol. The van der Waals surface area contributed by atoms with E-state index in [2.05, 4.69) is 0 Å². The van der Waals surface area contributed by atoms with Gasteiger partial charge in [-0.3, -0.25) is 4.79 Å². The molecule has 2 atom stereocenters. The molecule has 0 aromatic heterocycles. The second-order valence-corrected chi connectivity index (χ2v) is 3.91. The van der Waals surface area contributed by atoms with E-state index in [1.807, 2.05) is 18.2 Å². The second kappa shape index (κ2) is 3.26. The minimum Gasteiger partial charge on any atom is -0.335 e. The Morgan fingerprint density at radius 3 is 2.79 bits per heavy atom. The third kappa shape index (κ3) is 1.29. The highest BCUT2D eigenvalue weighted by Gasteiger charge is 2.43. The fourth-order valence-electron chi connectivity index (χ4n) is 1.79. The summed E-state index contributed by atoms with van der Waals surface area (Å²) in [5.74, 6) is -0.0185. The molecule has 1 aromatic carbocycles. The molecular formula is C10H11ClN2O. The molecule has 4 heteroatoms. The predicted octanol–water partition coefficient (Wildman–Crippen LogP) is 1.18. The molecule has 1 aliphatic heterocycles. The first-order chi connectivity index (χ1) is 6.61. The SMILES string of the molecule is CN1C(=O)[C@@H](N)[C@@H]1c1cccc(Cl)c1. The second-order valence-electron chi connectivity index (χ2n) is 3.47. The summed E-state index contributed by atoms with van der Waals surface area (Å²) < 4.78 is 0. The number of nitrogens with zero attached hydrogens (tertiary/aromatic N) is 1. The maximum Gasteiger partial charge on any atom is 0.242 e. The van der Waals surface area contributed by atoms with Crippen LogP contribution in [0.5, 0.6) is 0 Å². The van der Waals surface area contributed by atoms with Crippen molar-refractivity contribution in [1.82, 2.24) is 4.90 Å². The van der Waals surface area contributed by atoms with Crippen LogP contribution >= 0.6 is 11.6 Å². The van der Waals surface area contributed by atoms with Crippen LogP contribution < -0.4 is 5.73 Å². The van der Waals surface area contributed by atoms with E-state index in [1.165, 1.54) is 0 Å². The molecule has 0 bridgehead atoms. The van der Waals surface area contributed by atoms with Gasteiger partial charge in [0.15, 0.2) is 0 Å². The predicted molar refractivity (Wildman–Crippen MR) is 54.9 cm³/mol. The summed E-state index contributed by atoms with van der Waals surface area (Å²) in [5, 5.41) is 0.669. The Bertz CT molecular complexity index is 368. The molecule has 3 nitrogen and oxygen atoms in total. The molecule has 1 fully saturated rings. The highest BCUT2D eigenvalue weighted by atomic mass is 35.5. The molecule has 0 radical (unpaired) electrons. The molecule has 0 unspecified atom stereocenters. The van der Waals surface area contributed by atoms with Crippen LogP contribution in [0.3, 0.4) is 0 Å². The first kappa shape index (κ1) is 9.49. The van der Waals surface area contributed by atoms with Gasteiger partial charge in [0.25, 0.3) is 0 Å². The van der Waals surface area contributed by atoms with Gasteiger partial charge in [-0.05, 0) is 17.7 Å². The fraction of sp³-hybridized carbons (Fsp3) is 0.300. The van der Waals surface area contributed by atoms with Crippen molar-refractivity contribution in [3.8, 4) is 0 Å². The smallest absolute Gasteiger partial charge is 0.242 e. The summed E-state index contributed by atoms with van der Waals surface area (Å²) >= 11 is 5.86. The summed E-state index contributed by atoms with van der Waals surface area (Å²) in [7, 11) is 1.75. The zero-order valence-electron chi connectivity index (χ0n) is 7.77. The van der Waals surface area contributed by atoms with Crippen molar-refractivity contribution in [3.63, 3.8) is 0 Å². The zero-order chi connectivity index (χ0) is 10.3. The Hall–Kier alpha value is -1.06. The fourth-order valence-corrected chi connectivity index (χ4v) is 1.99. The number of β-lactam (4-membered cyclic amide) rings is 1. The number of carbonyl (C=O) groups excluding carboxylic acids is 1. The molecular weight excluding hydrogens is 200 g/mol. The molecule has 0 spiro atoms. The van der Waals surface area contributed by atoms with E-state index in [9.17, 15) is 4.79 Å². The number of halogens is 1. The van der Waals surface area contributed by atoms with E-state index in [-0.39, 0.29) is 11.9 Å². The van der Waals surface area contributed by atoms with Crippen LogP contribution in [0.1, 0.15) is 11.6 Å². The standard InChI is InChI=1S/C10H11ClN2O/c1-13-9(8(12)10(13)14)6-3-2-4-7(11)5-6/h2-5,8-9H,12H2,1H3/t8-,9-/m0/s1. The third-order valence-electron chi connectivity index (χ3n) is 2.58. The van der Waals surface area contributed by atoms with Crippen molar-refractivity contribution >= 4 is 17.5 Å². The van der Waals surface area contributed by atoms with Gasteiger partial charge in [-0.25, -0.2) is 0 Å². The molecule has 1 heterocycles. The van der Waals surface area contributed by atoms with E-state index >= 15 is 0 Å². The number of carbonyl (C=O) groups is 1. The van der Waals surface area contributed by atoms with Gasteiger partial charge in [0, 0.05) is 12.1 Å². The lowest BCUT2D eigenvalue weighted by Crippen LogP contribution is -2.61. The van der Waals surface area contributed by atoms with Gasteiger partial charge in [-0.1, -0.05) is 23.7 Å². The number of rotatable bonds is 1. The summed E-state index contributed by atoms with van der Waals surface area (Å²) in [6, 6.07) is 6.99. The van der Waals surface area contributed by atoms with Crippen LogP contribution in [0, 0.1) is 0 Å². The van der Waals surface area contributed by atoms with Crippen molar-refractivity contribution in [2.24, 2.45) is 5.73 Å². The van der Waals surface area contributed by atoms with Gasteiger partial charge in [0.2, 0.25) is 5.91 Å². The minimum atomic E-state index is -0.418. The maximum atomic E-state index is 11.2. The van der Waals surface area contributed by atoms with Crippen LogP contribution in [0.15, 0.2) is 24.3 Å². The van der Waals surface area contributed by atoms with E-state index in [0.29, 0.717) is 5.02 Å². The number of amides is 1. The highest BCUT2D eigenvalue weighted by Crippen LogP contribution is 2.32. The molecule has 1 aromatic rings. The molecule has 14 heavy (non-hydrogen) atoms. The summed E-state index contributed by atoms with van der Waals surface area (Å²) in [6.07, 6.45) is 0. The summed E-state index contributed by atoms with van der Waals surface area (Å²) in [5.41, 5.74) is 6.70. The average Bonchev–Trinajstić information content (AvgIpc) is 2.18. The number of benzene rings is 1. The summed E-state index contributed by atoms with van der Waals surface area (Å²) in [6.45, 7) is 0. The van der Waals surface area contributed by atoms with Gasteiger partial charge in [-0.2, -0.15) is 0 Å². The van der Waals surface area contributed by atoms with Crippen LogP contribution in [0.25, 0.3) is 0 Å². The molecule has 2 N–H and O–H groups in total. The first-order valence-corrected chi connectivity index (χ1v) is 4.77. The summed E-state index contributed by atoms with van der Waals surface area (Å²) in [4.78, 5) is 12.8. The number of hydrogen-bond donors (Lipinski definition) is 1. The van der Waals surface area contributed by atoms with Gasteiger partial charge < -0.3 is 10.6 Å². The Labute approximate surface area is 87.4 Å². The largest absolute Gasteiger partial charge is 0.335 e. The van der Waals surface area contributed by atoms with E-state index < -0.39 is 6.04 Å². The van der Waals surface area contributed by atoms with Gasteiger partial charge >= 0.3 is 0 Å². The van der Waals surface area contributed by atoms with Crippen molar-refractivity contribution in [3.05, 3.63) is 34.9 Å². The van der Waals surface area contributed by atoms with Crippen LogP contribution in [0.4, 0.5) is 0 Å². The molecule has 2 rings (SSSR count). The molecule has 1 aliphatic rings. The number of likely N-dealkylation sites (N-methyl/N-ethyl adjacent to an activating group) is 1. The topological polar surface area (TPSA) is 46.3 Å². The lowest BCUT2D eigenvalue weighted by molar-refractivity contribution is -0.147. The minimum absolute atomic E-state index is 0.0185. The van der Waals surface area contributed by atoms with Crippen molar-refractivity contribution in [2.45, 2.75) is 12.1 Å². The molecule has 0 saturated carbocycles. The Balaban J connectivity index is 2.28. The Kier molecular flexibility index (Phi) is 2.21. The normalized spacial score (nSPS) is 26.2. The van der Waals surface area contributed by atoms with Crippen LogP contribution in [0.2, 0.25) is 5.02 Å². The first-order valence-electron chi connectivity index (χ1n) is 4.39. The Morgan fingerprint density at radius 2 is 2.21 bits per heavy atom. The van der Waals surface area contributed by atoms with E-state index in [1.54, 1.807) is 18.0 Å². The quantitative estimate of drug-likeness (QED) is 0.708. The zero-order valence-corrected chi connectivity index (χ0v) is 8.53. The highest BCUT2D eigenvalue weighted by molar-refractivity contribution is 6.30. The van der Waals surface area contributed by atoms with Gasteiger partial charge in [-0.15, -0.1) is 0 Å². The van der Waals surface area contributed by atoms with Crippen molar-refractivity contribution < 1.29 is 4.79 Å². The lowest BCUT2D eigenvalue weighted by atomic mass is 9.90. The van der Waals surface area contributed by atoms with Gasteiger partial charge in [0.05, 0.1) is 6.04 Å². The number of likely N-dealkylation sites (tertiary alicyclic amines) is 1.